The van der Waals surface area contributed by atoms with Gasteiger partial charge in [0.1, 0.15) is 5.60 Å². The Labute approximate surface area is 192 Å². The molecule has 0 radical (unpaired) electrons. The van der Waals surface area contributed by atoms with Crippen molar-refractivity contribution in [3.63, 3.8) is 0 Å². The van der Waals surface area contributed by atoms with Gasteiger partial charge in [0.05, 0.1) is 0 Å². The number of alkyl carbamates (subject to hydrolysis) is 1. The predicted octanol–water partition coefficient (Wildman–Crippen LogP) is 4.55. The molecule has 0 spiro atoms. The second kappa shape index (κ2) is 12.1. The Kier molecular flexibility index (Phi) is 9.57. The number of benzene rings is 1. The second-order valence-corrected chi connectivity index (χ2v) is 9.27. The molecule has 32 heavy (non-hydrogen) atoms. The predicted molar refractivity (Wildman–Crippen MR) is 130 cm³/mol. The van der Waals surface area contributed by atoms with Gasteiger partial charge in [0.2, 0.25) is 0 Å². The van der Waals surface area contributed by atoms with Crippen LogP contribution in [0.5, 0.6) is 0 Å². The molecule has 1 aliphatic rings. The van der Waals surface area contributed by atoms with Crippen LogP contribution in [0.2, 0.25) is 0 Å². The first-order valence-electron chi connectivity index (χ1n) is 11.3. The Hall–Kier alpha value is -3.02. The molecule has 6 nitrogen and oxygen atoms in total. The van der Waals surface area contributed by atoms with Crippen molar-refractivity contribution >= 4 is 17.6 Å². The zero-order valence-electron chi connectivity index (χ0n) is 19.5. The molecule has 1 saturated carbocycles. The van der Waals surface area contributed by atoms with E-state index >= 15 is 0 Å². The van der Waals surface area contributed by atoms with E-state index in [9.17, 15) is 9.59 Å². The first kappa shape index (κ1) is 25.2. The molecular formula is C26H37N3O3. The lowest BCUT2D eigenvalue weighted by Crippen LogP contribution is -2.37. The van der Waals surface area contributed by atoms with Crippen molar-refractivity contribution in [3.05, 3.63) is 66.4 Å². The molecule has 0 bridgehead atoms. The van der Waals surface area contributed by atoms with Crippen molar-refractivity contribution in [1.82, 2.24) is 10.6 Å². The van der Waals surface area contributed by atoms with E-state index in [4.69, 9.17) is 10.5 Å². The van der Waals surface area contributed by atoms with Crippen molar-refractivity contribution in [2.24, 2.45) is 17.6 Å². The third kappa shape index (κ3) is 8.61. The molecule has 6 heteroatoms. The van der Waals surface area contributed by atoms with Gasteiger partial charge in [0.15, 0.2) is 0 Å². The fourth-order valence-electron chi connectivity index (χ4n) is 3.76. The zero-order valence-corrected chi connectivity index (χ0v) is 19.5. The average Bonchev–Trinajstić information content (AvgIpc) is 2.77. The molecule has 0 saturated heterocycles. The maximum Gasteiger partial charge on any atom is 0.407 e. The summed E-state index contributed by atoms with van der Waals surface area (Å²) in [6, 6.07) is 9.69. The van der Waals surface area contributed by atoms with Crippen LogP contribution in [0.3, 0.4) is 0 Å². The van der Waals surface area contributed by atoms with Crippen molar-refractivity contribution < 1.29 is 14.3 Å². The quantitative estimate of drug-likeness (QED) is 0.409. The van der Waals surface area contributed by atoms with Gasteiger partial charge in [0.25, 0.3) is 5.91 Å². The van der Waals surface area contributed by atoms with Gasteiger partial charge < -0.3 is 21.1 Å². The fraction of sp³-hybridized carbons (Fsp3) is 0.462. The summed E-state index contributed by atoms with van der Waals surface area (Å²) in [5, 5.41) is 5.91. The molecule has 4 N–H and O–H groups in total. The van der Waals surface area contributed by atoms with Crippen molar-refractivity contribution in [2.75, 3.05) is 13.1 Å². The molecule has 1 aromatic rings. The van der Waals surface area contributed by atoms with E-state index in [0.717, 1.165) is 36.8 Å². The highest BCUT2D eigenvalue weighted by molar-refractivity contribution is 5.99. The second-order valence-electron chi connectivity index (χ2n) is 9.27. The number of nitrogens with one attached hydrogen (secondary N) is 2. The highest BCUT2D eigenvalue weighted by atomic mass is 16.6. The lowest BCUT2D eigenvalue weighted by Gasteiger charge is -2.29. The first-order chi connectivity index (χ1) is 15.2. The first-order valence-corrected chi connectivity index (χ1v) is 11.3. The van der Waals surface area contributed by atoms with Crippen LogP contribution in [-0.2, 0) is 9.53 Å². The summed E-state index contributed by atoms with van der Waals surface area (Å²) in [5.74, 6) is 0.728. The molecule has 0 atom stereocenters. The van der Waals surface area contributed by atoms with E-state index in [2.05, 4.69) is 17.2 Å². The maximum atomic E-state index is 12.7. The molecule has 174 valence electrons. The van der Waals surface area contributed by atoms with Gasteiger partial charge in [-0.1, -0.05) is 43.0 Å². The summed E-state index contributed by atoms with van der Waals surface area (Å²) in [6.07, 6.45) is 8.54. The van der Waals surface area contributed by atoms with Crippen LogP contribution in [0, 0.1) is 11.8 Å². The zero-order chi connectivity index (χ0) is 23.6. The summed E-state index contributed by atoms with van der Waals surface area (Å²) < 4.78 is 5.29. The molecule has 1 fully saturated rings. The van der Waals surface area contributed by atoms with Gasteiger partial charge >= 0.3 is 6.09 Å². The van der Waals surface area contributed by atoms with E-state index in [1.165, 1.54) is 6.20 Å². The van der Waals surface area contributed by atoms with Crippen LogP contribution in [-0.4, -0.2) is 30.7 Å². The monoisotopic (exact) mass is 439 g/mol. The van der Waals surface area contributed by atoms with Gasteiger partial charge in [0, 0.05) is 24.9 Å². The summed E-state index contributed by atoms with van der Waals surface area (Å²) in [7, 11) is 0. The number of allylic oxidation sites excluding steroid dienone is 2. The SMILES string of the molecule is C=C/C(=C\C(=C/N)c1ccccc1)C(=O)NCC1CCC(CNC(=O)OC(C)(C)C)CC1. The Morgan fingerprint density at radius 1 is 1.06 bits per heavy atom. The minimum atomic E-state index is -0.486. The molecule has 0 aromatic heterocycles. The van der Waals surface area contributed by atoms with Gasteiger partial charge in [-0.3, -0.25) is 4.79 Å². The van der Waals surface area contributed by atoms with Crippen LogP contribution in [0.15, 0.2) is 60.8 Å². The van der Waals surface area contributed by atoms with E-state index in [-0.39, 0.29) is 12.0 Å². The standard InChI is InChI=1S/C26H37N3O3/c1-5-21(15-23(16-27)22-9-7-6-8-10-22)24(30)28-17-19-11-13-20(14-12-19)18-29-25(31)32-26(2,3)4/h5-10,15-16,19-20H,1,11-14,17-18,27H2,2-4H3,(H,28,30)(H,29,31)/b21-15+,23-16+. The number of hydrogen-bond donors (Lipinski definition) is 3. The highest BCUT2D eigenvalue weighted by Crippen LogP contribution is 2.28. The molecule has 2 amide bonds. The van der Waals surface area contributed by atoms with E-state index in [0.29, 0.717) is 30.5 Å². The number of rotatable bonds is 8. The fourth-order valence-corrected chi connectivity index (χ4v) is 3.76. The Morgan fingerprint density at radius 2 is 1.62 bits per heavy atom. The van der Waals surface area contributed by atoms with Crippen LogP contribution in [0.1, 0.15) is 52.0 Å². The molecule has 0 aliphatic heterocycles. The number of hydrogen-bond acceptors (Lipinski definition) is 4. The van der Waals surface area contributed by atoms with Crippen molar-refractivity contribution in [1.29, 1.82) is 0 Å². The summed E-state index contributed by atoms with van der Waals surface area (Å²) in [4.78, 5) is 24.5. The topological polar surface area (TPSA) is 93.5 Å². The number of carbonyl (C=O) groups is 2. The average molecular weight is 440 g/mol. The van der Waals surface area contributed by atoms with Crippen LogP contribution in [0.25, 0.3) is 5.57 Å². The molecule has 1 aromatic carbocycles. The Balaban J connectivity index is 1.78. The molecule has 0 heterocycles. The molecule has 2 rings (SSSR count). The summed E-state index contributed by atoms with van der Waals surface area (Å²) in [6.45, 7) is 10.6. The summed E-state index contributed by atoms with van der Waals surface area (Å²) >= 11 is 0. The lowest BCUT2D eigenvalue weighted by molar-refractivity contribution is -0.117. The minimum absolute atomic E-state index is 0.149. The normalized spacial score (nSPS) is 19.7. The molecule has 0 unspecified atom stereocenters. The van der Waals surface area contributed by atoms with Crippen molar-refractivity contribution in [3.8, 4) is 0 Å². The third-order valence-electron chi connectivity index (χ3n) is 5.53. The lowest BCUT2D eigenvalue weighted by atomic mass is 9.82. The van der Waals surface area contributed by atoms with Gasteiger partial charge in [-0.05, 0) is 75.5 Å². The van der Waals surface area contributed by atoms with Gasteiger partial charge in [-0.15, -0.1) is 0 Å². The molecular weight excluding hydrogens is 402 g/mol. The van der Waals surface area contributed by atoms with E-state index in [1.54, 1.807) is 12.2 Å². The number of ether oxygens (including phenoxy) is 1. The van der Waals surface area contributed by atoms with Crippen LogP contribution >= 0.6 is 0 Å². The third-order valence-corrected chi connectivity index (χ3v) is 5.53. The summed E-state index contributed by atoms with van der Waals surface area (Å²) in [5.41, 5.74) is 7.50. The van der Waals surface area contributed by atoms with E-state index in [1.807, 2.05) is 51.1 Å². The minimum Gasteiger partial charge on any atom is -0.444 e. The smallest absolute Gasteiger partial charge is 0.407 e. The van der Waals surface area contributed by atoms with Gasteiger partial charge in [-0.2, -0.15) is 0 Å². The number of amides is 2. The Morgan fingerprint density at radius 3 is 2.12 bits per heavy atom. The molecule has 1 aliphatic carbocycles. The van der Waals surface area contributed by atoms with Crippen LogP contribution < -0.4 is 16.4 Å². The van der Waals surface area contributed by atoms with E-state index < -0.39 is 5.60 Å². The van der Waals surface area contributed by atoms with Crippen LogP contribution in [0.4, 0.5) is 4.79 Å². The van der Waals surface area contributed by atoms with Gasteiger partial charge in [-0.25, -0.2) is 4.79 Å². The highest BCUT2D eigenvalue weighted by Gasteiger charge is 2.23. The Bertz CT molecular complexity index is 830. The number of nitrogens with two attached hydrogens (primary N) is 1. The number of carbonyl (C=O) groups excluding carboxylic acids is 2. The maximum absolute atomic E-state index is 12.7. The van der Waals surface area contributed by atoms with Crippen molar-refractivity contribution in [2.45, 2.75) is 52.1 Å². The largest absolute Gasteiger partial charge is 0.444 e.